The summed E-state index contributed by atoms with van der Waals surface area (Å²) >= 11 is 18.6. The third kappa shape index (κ3) is 4.80. The van der Waals surface area contributed by atoms with Crippen LogP contribution in [0.2, 0.25) is 15.2 Å². The lowest BCUT2D eigenvalue weighted by Gasteiger charge is -2.08. The monoisotopic (exact) mass is 444 g/mol. The predicted octanol–water partition coefficient (Wildman–Crippen LogP) is 5.75. The summed E-state index contributed by atoms with van der Waals surface area (Å²) in [5, 5.41) is 17.4. The molecular weight excluding hydrogens is 431 g/mol. The highest BCUT2D eigenvalue weighted by molar-refractivity contribution is 6.40. The number of carbonyl (C=O) groups excluding carboxylic acids is 1. The normalized spacial score (nSPS) is 11.2. The standard InChI is InChI=1S/C21H15Cl3N4O/c1-13-16(20(24)28(27-13)12-14-6-3-2-4-7-14)10-15(11-25)21(29)26-19-17(22)8-5-9-18(19)23/h2-10H,12H2,1H3,(H,26,29)/b15-10+. The second-order valence-corrected chi connectivity index (χ2v) is 7.33. The molecule has 3 rings (SSSR count). The Morgan fingerprint density at radius 3 is 2.41 bits per heavy atom. The fraction of sp³-hybridized carbons (Fsp3) is 0.0952. The summed E-state index contributed by atoms with van der Waals surface area (Å²) in [6.45, 7) is 2.23. The average Bonchev–Trinajstić information content (AvgIpc) is 2.96. The maximum absolute atomic E-state index is 12.6. The number of hydrogen-bond acceptors (Lipinski definition) is 3. The third-order valence-corrected chi connectivity index (χ3v) is 5.17. The zero-order valence-electron chi connectivity index (χ0n) is 15.3. The number of nitrogens with zero attached hydrogens (tertiary/aromatic N) is 3. The van der Waals surface area contributed by atoms with E-state index in [-0.39, 0.29) is 21.3 Å². The fourth-order valence-corrected chi connectivity index (χ4v) is 3.46. The van der Waals surface area contributed by atoms with Crippen LogP contribution in [0.15, 0.2) is 54.1 Å². The van der Waals surface area contributed by atoms with Crippen molar-refractivity contribution in [2.75, 3.05) is 5.32 Å². The van der Waals surface area contributed by atoms with Crippen LogP contribution in [0.25, 0.3) is 6.08 Å². The van der Waals surface area contributed by atoms with E-state index in [1.165, 1.54) is 6.08 Å². The second-order valence-electron chi connectivity index (χ2n) is 6.15. The molecule has 146 valence electrons. The molecule has 1 amide bonds. The number of anilines is 1. The molecular formula is C21H15Cl3N4O. The number of carbonyl (C=O) groups is 1. The van der Waals surface area contributed by atoms with Crippen molar-refractivity contribution in [3.8, 4) is 6.07 Å². The number of amides is 1. The predicted molar refractivity (Wildman–Crippen MR) is 116 cm³/mol. The van der Waals surface area contributed by atoms with E-state index >= 15 is 0 Å². The zero-order chi connectivity index (χ0) is 21.0. The van der Waals surface area contributed by atoms with Crippen LogP contribution in [-0.2, 0) is 11.3 Å². The number of para-hydroxylation sites is 1. The Bertz CT molecular complexity index is 1110. The second kappa shape index (κ2) is 9.15. The van der Waals surface area contributed by atoms with Crippen molar-refractivity contribution >= 4 is 52.5 Å². The lowest BCUT2D eigenvalue weighted by molar-refractivity contribution is -0.112. The largest absolute Gasteiger partial charge is 0.319 e. The molecule has 5 nitrogen and oxygen atoms in total. The van der Waals surface area contributed by atoms with Crippen molar-refractivity contribution in [1.29, 1.82) is 5.26 Å². The summed E-state index contributed by atoms with van der Waals surface area (Å²) in [4.78, 5) is 12.6. The number of nitrogens with one attached hydrogen (secondary N) is 1. The lowest BCUT2D eigenvalue weighted by Crippen LogP contribution is -2.14. The van der Waals surface area contributed by atoms with Crippen molar-refractivity contribution in [1.82, 2.24) is 9.78 Å². The number of halogens is 3. The number of rotatable bonds is 5. The zero-order valence-corrected chi connectivity index (χ0v) is 17.6. The quantitative estimate of drug-likeness (QED) is 0.402. The summed E-state index contributed by atoms with van der Waals surface area (Å²) in [6.07, 6.45) is 1.41. The summed E-state index contributed by atoms with van der Waals surface area (Å²) in [5.74, 6) is -0.645. The molecule has 3 aromatic rings. The van der Waals surface area contributed by atoms with Crippen molar-refractivity contribution < 1.29 is 4.79 Å². The minimum Gasteiger partial charge on any atom is -0.319 e. The number of aryl methyl sites for hydroxylation is 1. The highest BCUT2D eigenvalue weighted by atomic mass is 35.5. The fourth-order valence-electron chi connectivity index (χ4n) is 2.68. The van der Waals surface area contributed by atoms with Gasteiger partial charge in [-0.2, -0.15) is 10.4 Å². The van der Waals surface area contributed by atoms with Gasteiger partial charge < -0.3 is 5.32 Å². The van der Waals surface area contributed by atoms with Gasteiger partial charge in [-0.25, -0.2) is 4.68 Å². The molecule has 0 unspecified atom stereocenters. The van der Waals surface area contributed by atoms with Gasteiger partial charge in [0, 0.05) is 5.56 Å². The van der Waals surface area contributed by atoms with Crippen LogP contribution in [0.3, 0.4) is 0 Å². The molecule has 8 heteroatoms. The van der Waals surface area contributed by atoms with E-state index in [1.54, 1.807) is 29.8 Å². The Morgan fingerprint density at radius 1 is 1.14 bits per heavy atom. The maximum atomic E-state index is 12.6. The van der Waals surface area contributed by atoms with Gasteiger partial charge in [0.1, 0.15) is 16.8 Å². The molecule has 0 aliphatic carbocycles. The first-order chi connectivity index (χ1) is 13.9. The van der Waals surface area contributed by atoms with E-state index in [4.69, 9.17) is 34.8 Å². The van der Waals surface area contributed by atoms with Crippen LogP contribution in [0.1, 0.15) is 16.8 Å². The van der Waals surface area contributed by atoms with Crippen LogP contribution in [0, 0.1) is 18.3 Å². The summed E-state index contributed by atoms with van der Waals surface area (Å²) in [7, 11) is 0. The van der Waals surface area contributed by atoms with Crippen molar-refractivity contribution in [3.05, 3.63) is 86.1 Å². The Morgan fingerprint density at radius 2 is 1.79 bits per heavy atom. The summed E-state index contributed by atoms with van der Waals surface area (Å²) < 4.78 is 1.62. The molecule has 0 saturated carbocycles. The van der Waals surface area contributed by atoms with E-state index < -0.39 is 5.91 Å². The van der Waals surface area contributed by atoms with Crippen molar-refractivity contribution in [2.45, 2.75) is 13.5 Å². The molecule has 1 aromatic heterocycles. The first kappa shape index (κ1) is 20.9. The highest BCUT2D eigenvalue weighted by Gasteiger charge is 2.17. The first-order valence-corrected chi connectivity index (χ1v) is 9.68. The van der Waals surface area contributed by atoms with Gasteiger partial charge in [0.25, 0.3) is 5.91 Å². The number of nitriles is 1. The number of hydrogen-bond donors (Lipinski definition) is 1. The third-order valence-electron chi connectivity index (χ3n) is 4.14. The van der Waals surface area contributed by atoms with Gasteiger partial charge in [-0.1, -0.05) is 71.2 Å². The maximum Gasteiger partial charge on any atom is 0.266 e. The van der Waals surface area contributed by atoms with E-state index in [2.05, 4.69) is 10.4 Å². The van der Waals surface area contributed by atoms with E-state index in [0.29, 0.717) is 23.0 Å². The Kier molecular flexibility index (Phi) is 6.60. The molecule has 1 heterocycles. The van der Waals surface area contributed by atoms with Gasteiger partial charge in [0.05, 0.1) is 28.0 Å². The molecule has 29 heavy (non-hydrogen) atoms. The Labute approximate surface area is 183 Å². The SMILES string of the molecule is Cc1nn(Cc2ccccc2)c(Cl)c1/C=C(\C#N)C(=O)Nc1c(Cl)cccc1Cl. The van der Waals surface area contributed by atoms with Crippen LogP contribution >= 0.6 is 34.8 Å². The molecule has 2 aromatic carbocycles. The molecule has 0 saturated heterocycles. The summed E-state index contributed by atoms with van der Waals surface area (Å²) in [5.41, 5.74) is 2.22. The van der Waals surface area contributed by atoms with Crippen LogP contribution < -0.4 is 5.32 Å². The summed E-state index contributed by atoms with van der Waals surface area (Å²) in [6, 6.07) is 16.4. The van der Waals surface area contributed by atoms with Crippen molar-refractivity contribution in [3.63, 3.8) is 0 Å². The van der Waals surface area contributed by atoms with Gasteiger partial charge >= 0.3 is 0 Å². The van der Waals surface area contributed by atoms with Crippen LogP contribution in [0.4, 0.5) is 5.69 Å². The van der Waals surface area contributed by atoms with E-state index in [0.717, 1.165) is 5.56 Å². The number of benzene rings is 2. The average molecular weight is 446 g/mol. The highest BCUT2D eigenvalue weighted by Crippen LogP contribution is 2.30. The molecule has 0 bridgehead atoms. The minimum absolute atomic E-state index is 0.148. The van der Waals surface area contributed by atoms with Crippen molar-refractivity contribution in [2.24, 2.45) is 0 Å². The molecule has 0 radical (unpaired) electrons. The van der Waals surface area contributed by atoms with Gasteiger partial charge in [-0.05, 0) is 30.7 Å². The van der Waals surface area contributed by atoms with E-state index in [9.17, 15) is 10.1 Å². The van der Waals surface area contributed by atoms with Gasteiger partial charge in [0.2, 0.25) is 0 Å². The van der Waals surface area contributed by atoms with Gasteiger partial charge in [0.15, 0.2) is 0 Å². The Hall–Kier alpha value is -2.78. The van der Waals surface area contributed by atoms with Crippen LogP contribution in [-0.4, -0.2) is 15.7 Å². The molecule has 0 aliphatic rings. The smallest absolute Gasteiger partial charge is 0.266 e. The molecule has 0 atom stereocenters. The molecule has 0 fully saturated rings. The molecule has 1 N–H and O–H groups in total. The topological polar surface area (TPSA) is 70.7 Å². The number of aromatic nitrogens is 2. The first-order valence-electron chi connectivity index (χ1n) is 8.54. The lowest BCUT2D eigenvalue weighted by atomic mass is 10.1. The van der Waals surface area contributed by atoms with E-state index in [1.807, 2.05) is 36.4 Å². The molecule has 0 spiro atoms. The van der Waals surface area contributed by atoms with Gasteiger partial charge in [-0.15, -0.1) is 0 Å². The van der Waals surface area contributed by atoms with Crippen LogP contribution in [0.5, 0.6) is 0 Å². The Balaban J connectivity index is 1.89. The molecule has 0 aliphatic heterocycles. The van der Waals surface area contributed by atoms with Gasteiger partial charge in [-0.3, -0.25) is 4.79 Å². The minimum atomic E-state index is -0.645.